The van der Waals surface area contributed by atoms with Crippen molar-refractivity contribution in [3.8, 4) is 17.2 Å². The summed E-state index contributed by atoms with van der Waals surface area (Å²) in [6.45, 7) is -5.65. The van der Waals surface area contributed by atoms with Crippen molar-refractivity contribution in [1.29, 1.82) is 0 Å². The molecule has 0 aromatic heterocycles. The molecule has 2 rings (SSSR count). The van der Waals surface area contributed by atoms with Crippen LogP contribution in [-0.2, 0) is 13.1 Å². The number of nitro benzene ring substituents is 1. The van der Waals surface area contributed by atoms with Crippen LogP contribution in [-0.4, -0.2) is 37.2 Å². The standard InChI is InChI=1S/C18H18F4N2O5/c1-23(9-11-3-5-13(6-4-11)28-17(19)20)10-12-7-15(27-2)16(29-18(21)22)8-14(12)24(25)26/h3-8,17-18H,9-10H2,1-2H3. The Bertz CT molecular complexity index is 834. The van der Waals surface area contributed by atoms with Crippen LogP contribution >= 0.6 is 0 Å². The van der Waals surface area contributed by atoms with Gasteiger partial charge in [0.1, 0.15) is 5.75 Å². The van der Waals surface area contributed by atoms with Crippen molar-refractivity contribution in [2.24, 2.45) is 0 Å². The Labute approximate surface area is 163 Å². The molecule has 0 aliphatic carbocycles. The number of hydrogen-bond donors (Lipinski definition) is 0. The van der Waals surface area contributed by atoms with Crippen molar-refractivity contribution >= 4 is 5.69 Å². The second-order valence-corrected chi connectivity index (χ2v) is 5.96. The summed E-state index contributed by atoms with van der Waals surface area (Å²) in [5.41, 5.74) is 0.587. The number of methoxy groups -OCH3 is 1. The van der Waals surface area contributed by atoms with Gasteiger partial charge in [-0.1, -0.05) is 12.1 Å². The molecule has 0 aliphatic rings. The predicted molar refractivity (Wildman–Crippen MR) is 94.5 cm³/mol. The quantitative estimate of drug-likeness (QED) is 0.323. The first-order valence-corrected chi connectivity index (χ1v) is 8.22. The average molecular weight is 418 g/mol. The Hall–Kier alpha value is -3.08. The molecule has 0 bridgehead atoms. The van der Waals surface area contributed by atoms with Gasteiger partial charge in [-0.2, -0.15) is 17.6 Å². The van der Waals surface area contributed by atoms with Crippen LogP contribution in [0, 0.1) is 10.1 Å². The Kier molecular flexibility index (Phi) is 7.59. The minimum absolute atomic E-state index is 0.0152. The predicted octanol–water partition coefficient (Wildman–Crippen LogP) is 4.44. The second-order valence-electron chi connectivity index (χ2n) is 5.96. The van der Waals surface area contributed by atoms with E-state index >= 15 is 0 Å². The summed E-state index contributed by atoms with van der Waals surface area (Å²) in [6.07, 6.45) is 0. The number of nitro groups is 1. The van der Waals surface area contributed by atoms with Crippen LogP contribution in [0.15, 0.2) is 36.4 Å². The number of nitrogens with zero attached hydrogens (tertiary/aromatic N) is 2. The molecule has 0 aliphatic heterocycles. The minimum Gasteiger partial charge on any atom is -0.493 e. The van der Waals surface area contributed by atoms with E-state index in [-0.39, 0.29) is 23.6 Å². The first-order chi connectivity index (χ1) is 13.7. The molecule has 0 spiro atoms. The molecule has 7 nitrogen and oxygen atoms in total. The van der Waals surface area contributed by atoms with Gasteiger partial charge in [0.05, 0.1) is 18.1 Å². The highest BCUT2D eigenvalue weighted by Crippen LogP contribution is 2.36. The van der Waals surface area contributed by atoms with Gasteiger partial charge in [-0.15, -0.1) is 0 Å². The topological polar surface area (TPSA) is 74.1 Å². The van der Waals surface area contributed by atoms with Crippen LogP contribution in [0.25, 0.3) is 0 Å². The van der Waals surface area contributed by atoms with Gasteiger partial charge >= 0.3 is 13.2 Å². The average Bonchev–Trinajstić information content (AvgIpc) is 2.63. The summed E-state index contributed by atoms with van der Waals surface area (Å²) in [6, 6.07) is 8.11. The minimum atomic E-state index is -3.16. The van der Waals surface area contributed by atoms with Crippen molar-refractivity contribution < 1.29 is 36.7 Å². The number of alkyl halides is 4. The lowest BCUT2D eigenvalue weighted by Gasteiger charge is -2.18. The van der Waals surface area contributed by atoms with E-state index in [9.17, 15) is 27.7 Å². The van der Waals surface area contributed by atoms with Gasteiger partial charge < -0.3 is 14.2 Å². The van der Waals surface area contributed by atoms with Crippen LogP contribution in [0.3, 0.4) is 0 Å². The third-order valence-electron chi connectivity index (χ3n) is 3.82. The molecule has 0 fully saturated rings. The zero-order valence-electron chi connectivity index (χ0n) is 15.5. The highest BCUT2D eigenvalue weighted by molar-refractivity contribution is 5.54. The molecule has 0 saturated heterocycles. The maximum atomic E-state index is 12.5. The van der Waals surface area contributed by atoms with Crippen molar-refractivity contribution in [2.75, 3.05) is 14.2 Å². The lowest BCUT2D eigenvalue weighted by atomic mass is 10.1. The summed E-state index contributed by atoms with van der Waals surface area (Å²) in [4.78, 5) is 12.4. The Morgan fingerprint density at radius 2 is 1.62 bits per heavy atom. The summed E-state index contributed by atoms with van der Waals surface area (Å²) < 4.78 is 63.0. The van der Waals surface area contributed by atoms with Crippen LogP contribution in [0.4, 0.5) is 23.2 Å². The second kappa shape index (κ2) is 9.92. The fourth-order valence-corrected chi connectivity index (χ4v) is 2.67. The fraction of sp³-hybridized carbons (Fsp3) is 0.333. The number of hydrogen-bond acceptors (Lipinski definition) is 6. The first kappa shape index (κ1) is 22.2. The van der Waals surface area contributed by atoms with E-state index in [0.29, 0.717) is 6.54 Å². The third kappa shape index (κ3) is 6.49. The molecule has 2 aromatic carbocycles. The van der Waals surface area contributed by atoms with Crippen LogP contribution in [0.1, 0.15) is 11.1 Å². The number of ether oxygens (including phenoxy) is 3. The van der Waals surface area contributed by atoms with E-state index in [1.165, 1.54) is 25.3 Å². The van der Waals surface area contributed by atoms with Gasteiger partial charge in [0.25, 0.3) is 5.69 Å². The van der Waals surface area contributed by atoms with E-state index < -0.39 is 29.6 Å². The van der Waals surface area contributed by atoms with Gasteiger partial charge in [0, 0.05) is 18.7 Å². The van der Waals surface area contributed by atoms with Crippen molar-refractivity contribution in [3.63, 3.8) is 0 Å². The largest absolute Gasteiger partial charge is 0.493 e. The van der Waals surface area contributed by atoms with Gasteiger partial charge in [0.15, 0.2) is 11.5 Å². The molecule has 0 unspecified atom stereocenters. The zero-order chi connectivity index (χ0) is 21.6. The summed E-state index contributed by atoms with van der Waals surface area (Å²) in [5.74, 6) is -0.482. The Morgan fingerprint density at radius 3 is 2.14 bits per heavy atom. The van der Waals surface area contributed by atoms with Gasteiger partial charge in [-0.05, 0) is 30.8 Å². The molecule has 29 heavy (non-hydrogen) atoms. The zero-order valence-corrected chi connectivity index (χ0v) is 15.5. The highest BCUT2D eigenvalue weighted by Gasteiger charge is 2.22. The molecular weight excluding hydrogens is 400 g/mol. The summed E-state index contributed by atoms with van der Waals surface area (Å²) >= 11 is 0. The Balaban J connectivity index is 2.17. The number of rotatable bonds is 10. The van der Waals surface area contributed by atoms with E-state index in [1.807, 2.05) is 0 Å². The van der Waals surface area contributed by atoms with Crippen molar-refractivity contribution in [3.05, 3.63) is 57.6 Å². The van der Waals surface area contributed by atoms with Crippen molar-refractivity contribution in [2.45, 2.75) is 26.3 Å². The highest BCUT2D eigenvalue weighted by atomic mass is 19.3. The van der Waals surface area contributed by atoms with E-state index in [4.69, 9.17) is 4.74 Å². The van der Waals surface area contributed by atoms with Gasteiger partial charge in [-0.3, -0.25) is 15.0 Å². The summed E-state index contributed by atoms with van der Waals surface area (Å²) in [5, 5.41) is 11.4. The molecule has 0 N–H and O–H groups in total. The molecule has 0 amide bonds. The maximum Gasteiger partial charge on any atom is 0.387 e. The maximum absolute atomic E-state index is 12.5. The van der Waals surface area contributed by atoms with Gasteiger partial charge in [-0.25, -0.2) is 0 Å². The van der Waals surface area contributed by atoms with Crippen LogP contribution < -0.4 is 14.2 Å². The van der Waals surface area contributed by atoms with Crippen LogP contribution in [0.2, 0.25) is 0 Å². The molecule has 0 heterocycles. The molecule has 158 valence electrons. The molecule has 0 atom stereocenters. The molecule has 0 saturated carbocycles. The lowest BCUT2D eigenvalue weighted by Crippen LogP contribution is -2.18. The fourth-order valence-electron chi connectivity index (χ4n) is 2.67. The van der Waals surface area contributed by atoms with E-state index in [2.05, 4.69) is 9.47 Å². The molecule has 0 radical (unpaired) electrons. The van der Waals surface area contributed by atoms with E-state index in [0.717, 1.165) is 11.6 Å². The third-order valence-corrected chi connectivity index (χ3v) is 3.82. The van der Waals surface area contributed by atoms with Crippen LogP contribution in [0.5, 0.6) is 17.2 Å². The normalized spacial score (nSPS) is 11.2. The SMILES string of the molecule is COc1cc(CN(C)Cc2ccc(OC(F)F)cc2)c([N+](=O)[O-])cc1OC(F)F. The molecule has 11 heteroatoms. The number of benzene rings is 2. The van der Waals surface area contributed by atoms with Crippen molar-refractivity contribution in [1.82, 2.24) is 4.90 Å². The smallest absolute Gasteiger partial charge is 0.387 e. The Morgan fingerprint density at radius 1 is 1.00 bits per heavy atom. The lowest BCUT2D eigenvalue weighted by molar-refractivity contribution is -0.385. The molecule has 2 aromatic rings. The summed E-state index contributed by atoms with van der Waals surface area (Å²) in [7, 11) is 2.92. The number of halogens is 4. The monoisotopic (exact) mass is 418 g/mol. The van der Waals surface area contributed by atoms with Gasteiger partial charge in [0.2, 0.25) is 0 Å². The molecular formula is C18H18F4N2O5. The van der Waals surface area contributed by atoms with E-state index in [1.54, 1.807) is 24.1 Å². The first-order valence-electron chi connectivity index (χ1n) is 8.22.